The van der Waals surface area contributed by atoms with Gasteiger partial charge in [0.1, 0.15) is 5.75 Å². The molecule has 0 spiro atoms. The Morgan fingerprint density at radius 3 is 2.24 bits per heavy atom. The highest BCUT2D eigenvalue weighted by atomic mass is 79.9. The van der Waals surface area contributed by atoms with E-state index in [1.165, 1.54) is 0 Å². The maximum Gasteiger partial charge on any atom is 0.143 e. The number of aromatic hydroxyl groups is 1. The monoisotopic (exact) mass is 365 g/mol. The van der Waals surface area contributed by atoms with Crippen LogP contribution < -0.4 is 5.32 Å². The molecule has 0 saturated carbocycles. The van der Waals surface area contributed by atoms with Crippen molar-refractivity contribution in [2.75, 3.05) is 6.61 Å². The molecule has 1 rings (SSSR count). The second-order valence-corrected chi connectivity index (χ2v) is 5.95. The van der Waals surface area contributed by atoms with Gasteiger partial charge in [-0.1, -0.05) is 6.92 Å². The average Bonchev–Trinajstić information content (AvgIpc) is 2.31. The van der Waals surface area contributed by atoms with Gasteiger partial charge in [-0.2, -0.15) is 0 Å². The van der Waals surface area contributed by atoms with Crippen molar-refractivity contribution in [1.82, 2.24) is 5.32 Å². The van der Waals surface area contributed by atoms with Crippen LogP contribution in [0.15, 0.2) is 21.1 Å². The summed E-state index contributed by atoms with van der Waals surface area (Å²) in [7, 11) is 0. The number of phenols is 1. The van der Waals surface area contributed by atoms with Crippen LogP contribution in [0.2, 0.25) is 0 Å². The molecule has 0 amide bonds. The Morgan fingerprint density at radius 2 is 1.76 bits per heavy atom. The number of rotatable bonds is 5. The highest BCUT2D eigenvalue weighted by Gasteiger charge is 2.11. The van der Waals surface area contributed by atoms with Crippen LogP contribution in [-0.4, -0.2) is 22.9 Å². The van der Waals surface area contributed by atoms with Crippen LogP contribution in [0.3, 0.4) is 0 Å². The second-order valence-electron chi connectivity index (χ2n) is 4.24. The molecule has 0 aliphatic carbocycles. The highest BCUT2D eigenvalue weighted by Crippen LogP contribution is 2.33. The van der Waals surface area contributed by atoms with Crippen LogP contribution >= 0.6 is 31.9 Å². The van der Waals surface area contributed by atoms with Crippen molar-refractivity contribution in [2.45, 2.75) is 26.4 Å². The fraction of sp³-hybridized carbons (Fsp3) is 0.500. The molecule has 17 heavy (non-hydrogen) atoms. The number of aliphatic hydroxyl groups excluding tert-OH is 1. The molecule has 5 heteroatoms. The summed E-state index contributed by atoms with van der Waals surface area (Å²) in [4.78, 5) is 0. The van der Waals surface area contributed by atoms with Crippen LogP contribution in [-0.2, 0) is 6.54 Å². The summed E-state index contributed by atoms with van der Waals surface area (Å²) >= 11 is 6.60. The maximum absolute atomic E-state index is 9.59. The molecular formula is C12H17Br2NO2. The van der Waals surface area contributed by atoms with E-state index in [2.05, 4.69) is 37.2 Å². The number of hydrogen-bond donors (Lipinski definition) is 3. The molecule has 1 aromatic carbocycles. The lowest BCUT2D eigenvalue weighted by atomic mass is 10.0. The van der Waals surface area contributed by atoms with Crippen molar-refractivity contribution in [2.24, 2.45) is 5.92 Å². The first kappa shape index (κ1) is 15.0. The molecule has 3 nitrogen and oxygen atoms in total. The van der Waals surface area contributed by atoms with Gasteiger partial charge in [0.15, 0.2) is 0 Å². The summed E-state index contributed by atoms with van der Waals surface area (Å²) in [5.41, 5.74) is 1.07. The zero-order valence-electron chi connectivity index (χ0n) is 9.87. The van der Waals surface area contributed by atoms with E-state index in [0.717, 1.165) is 5.56 Å². The first-order valence-corrected chi connectivity index (χ1v) is 7.05. The van der Waals surface area contributed by atoms with Crippen LogP contribution in [0.5, 0.6) is 5.75 Å². The number of halogens is 2. The molecule has 2 unspecified atom stereocenters. The van der Waals surface area contributed by atoms with Gasteiger partial charge in [0.05, 0.1) is 8.95 Å². The minimum atomic E-state index is 0.178. The Balaban J connectivity index is 2.64. The maximum atomic E-state index is 9.59. The van der Waals surface area contributed by atoms with E-state index in [1.54, 1.807) is 0 Å². The van der Waals surface area contributed by atoms with E-state index in [4.69, 9.17) is 5.11 Å². The molecule has 0 saturated heterocycles. The minimum absolute atomic E-state index is 0.178. The second kappa shape index (κ2) is 6.73. The third-order valence-corrected chi connectivity index (χ3v) is 4.06. The number of nitrogens with one attached hydrogen (secondary N) is 1. The smallest absolute Gasteiger partial charge is 0.143 e. The third-order valence-electron chi connectivity index (χ3n) is 2.85. The zero-order chi connectivity index (χ0) is 13.0. The van der Waals surface area contributed by atoms with Gasteiger partial charge in [-0.3, -0.25) is 0 Å². The third kappa shape index (κ3) is 4.25. The molecule has 0 aromatic heterocycles. The summed E-state index contributed by atoms with van der Waals surface area (Å²) in [6.45, 7) is 4.92. The van der Waals surface area contributed by atoms with Crippen molar-refractivity contribution in [3.8, 4) is 5.75 Å². The summed E-state index contributed by atoms with van der Waals surface area (Å²) in [6, 6.07) is 4.00. The quantitative estimate of drug-likeness (QED) is 0.750. The van der Waals surface area contributed by atoms with Crippen molar-refractivity contribution < 1.29 is 10.2 Å². The zero-order valence-corrected chi connectivity index (χ0v) is 13.0. The number of benzene rings is 1. The molecule has 2 atom stereocenters. The number of hydrogen-bond acceptors (Lipinski definition) is 3. The summed E-state index contributed by atoms with van der Waals surface area (Å²) < 4.78 is 1.35. The van der Waals surface area contributed by atoms with E-state index in [-0.39, 0.29) is 24.3 Å². The van der Waals surface area contributed by atoms with E-state index < -0.39 is 0 Å². The molecule has 0 radical (unpaired) electrons. The summed E-state index contributed by atoms with van der Waals surface area (Å²) in [6.07, 6.45) is 0. The van der Waals surface area contributed by atoms with Crippen LogP contribution in [0.4, 0.5) is 0 Å². The van der Waals surface area contributed by atoms with Crippen LogP contribution in [0, 0.1) is 5.92 Å². The predicted octanol–water partition coefficient (Wildman–Crippen LogP) is 3.02. The van der Waals surface area contributed by atoms with E-state index in [0.29, 0.717) is 15.5 Å². The SMILES string of the molecule is CC(CO)C(C)NCc1cc(Br)c(O)c(Br)c1. The Kier molecular flexibility index (Phi) is 5.92. The number of aliphatic hydroxyl groups is 1. The standard InChI is InChI=1S/C12H17Br2NO2/c1-7(6-16)8(2)15-5-9-3-10(13)12(17)11(14)4-9/h3-4,7-8,15-17H,5-6H2,1-2H3. The Morgan fingerprint density at radius 1 is 1.24 bits per heavy atom. The molecule has 0 bridgehead atoms. The van der Waals surface area contributed by atoms with Crippen molar-refractivity contribution in [1.29, 1.82) is 0 Å². The Hall–Kier alpha value is -0.100. The van der Waals surface area contributed by atoms with Crippen LogP contribution in [0.25, 0.3) is 0 Å². The molecule has 1 aromatic rings. The highest BCUT2D eigenvalue weighted by molar-refractivity contribution is 9.11. The van der Waals surface area contributed by atoms with Gasteiger partial charge < -0.3 is 15.5 Å². The molecule has 0 fully saturated rings. The van der Waals surface area contributed by atoms with Gasteiger partial charge in [-0.15, -0.1) is 0 Å². The summed E-state index contributed by atoms with van der Waals surface area (Å²) in [5, 5.41) is 22.0. The minimum Gasteiger partial charge on any atom is -0.506 e. The lowest BCUT2D eigenvalue weighted by Gasteiger charge is -2.19. The first-order chi connectivity index (χ1) is 7.95. The molecule has 0 heterocycles. The molecule has 0 aliphatic heterocycles. The fourth-order valence-corrected chi connectivity index (χ4v) is 2.64. The molecule has 3 N–H and O–H groups in total. The van der Waals surface area contributed by atoms with Gasteiger partial charge in [0.2, 0.25) is 0 Å². The normalized spacial score (nSPS) is 14.6. The van der Waals surface area contributed by atoms with Gasteiger partial charge in [-0.05, 0) is 62.4 Å². The Bertz CT molecular complexity index is 362. The molecule has 96 valence electrons. The van der Waals surface area contributed by atoms with Gasteiger partial charge in [0, 0.05) is 19.2 Å². The van der Waals surface area contributed by atoms with E-state index >= 15 is 0 Å². The van der Waals surface area contributed by atoms with Crippen molar-refractivity contribution in [3.05, 3.63) is 26.6 Å². The Labute approximate surface area is 118 Å². The average molecular weight is 367 g/mol. The first-order valence-electron chi connectivity index (χ1n) is 5.46. The fourth-order valence-electron chi connectivity index (χ4n) is 1.36. The predicted molar refractivity (Wildman–Crippen MR) is 76.1 cm³/mol. The summed E-state index contributed by atoms with van der Waals surface area (Å²) in [5.74, 6) is 0.435. The van der Waals surface area contributed by atoms with Crippen molar-refractivity contribution >= 4 is 31.9 Å². The lowest BCUT2D eigenvalue weighted by molar-refractivity contribution is 0.207. The van der Waals surface area contributed by atoms with Crippen molar-refractivity contribution in [3.63, 3.8) is 0 Å². The van der Waals surface area contributed by atoms with Gasteiger partial charge in [-0.25, -0.2) is 0 Å². The molecular weight excluding hydrogens is 350 g/mol. The van der Waals surface area contributed by atoms with Gasteiger partial charge in [0.25, 0.3) is 0 Å². The van der Waals surface area contributed by atoms with E-state index in [1.807, 2.05) is 26.0 Å². The largest absolute Gasteiger partial charge is 0.506 e. The number of phenolic OH excluding ortho intramolecular Hbond substituents is 1. The van der Waals surface area contributed by atoms with Gasteiger partial charge >= 0.3 is 0 Å². The lowest BCUT2D eigenvalue weighted by Crippen LogP contribution is -2.33. The van der Waals surface area contributed by atoms with Crippen LogP contribution in [0.1, 0.15) is 19.4 Å². The van der Waals surface area contributed by atoms with E-state index in [9.17, 15) is 5.11 Å². The topological polar surface area (TPSA) is 52.5 Å². The molecule has 0 aliphatic rings.